The van der Waals surface area contributed by atoms with Crippen LogP contribution in [0.15, 0.2) is 85.2 Å². The molecule has 0 unspecified atom stereocenters. The highest BCUT2D eigenvalue weighted by atomic mass is 32.1. The van der Waals surface area contributed by atoms with E-state index in [0.717, 1.165) is 5.56 Å². The van der Waals surface area contributed by atoms with Crippen molar-refractivity contribution in [3.8, 4) is 5.75 Å². The number of pyridine rings is 1. The Balaban J connectivity index is 1.90. The van der Waals surface area contributed by atoms with E-state index in [2.05, 4.69) is 10.1 Å². The van der Waals surface area contributed by atoms with E-state index in [0.29, 0.717) is 22.8 Å². The van der Waals surface area contributed by atoms with E-state index < -0.39 is 6.61 Å². The van der Waals surface area contributed by atoms with E-state index in [4.69, 9.17) is 12.2 Å². The summed E-state index contributed by atoms with van der Waals surface area (Å²) >= 11 is 5.54. The normalized spacial score (nSPS) is 11.7. The number of nitrogens with one attached hydrogen (secondary N) is 1. The molecule has 0 aliphatic rings. The molecule has 0 fully saturated rings. The fraction of sp³-hybridized carbons (Fsp3) is 0.0909. The van der Waals surface area contributed by atoms with Crippen molar-refractivity contribution in [2.24, 2.45) is 0 Å². The van der Waals surface area contributed by atoms with Gasteiger partial charge in [0, 0.05) is 24.2 Å². The summed E-state index contributed by atoms with van der Waals surface area (Å²) in [4.78, 5) is 0.343. The van der Waals surface area contributed by atoms with Gasteiger partial charge >= 0.3 is 6.61 Å². The number of thiocarbonyl (C=S) groups is 1. The van der Waals surface area contributed by atoms with Gasteiger partial charge in [0.25, 0.3) is 5.70 Å². The van der Waals surface area contributed by atoms with E-state index in [9.17, 15) is 13.9 Å². The topological polar surface area (TPSA) is 45.4 Å². The second-order valence-corrected chi connectivity index (χ2v) is 6.46. The van der Waals surface area contributed by atoms with Crippen molar-refractivity contribution in [3.05, 3.63) is 96.3 Å². The van der Waals surface area contributed by atoms with Crippen molar-refractivity contribution in [3.63, 3.8) is 0 Å². The van der Waals surface area contributed by atoms with Gasteiger partial charge in [-0.25, -0.2) is 0 Å². The van der Waals surface area contributed by atoms with Crippen LogP contribution >= 0.6 is 12.2 Å². The minimum absolute atomic E-state index is 0.00948. The van der Waals surface area contributed by atoms with Crippen LogP contribution in [0.3, 0.4) is 0 Å². The molecule has 3 aromatic rings. The van der Waals surface area contributed by atoms with Gasteiger partial charge in [0.15, 0.2) is 23.1 Å². The first-order valence-corrected chi connectivity index (χ1v) is 9.22. The van der Waals surface area contributed by atoms with Gasteiger partial charge in [-0.05, 0) is 29.8 Å². The van der Waals surface area contributed by atoms with Crippen LogP contribution in [0.5, 0.6) is 5.75 Å². The highest BCUT2D eigenvalue weighted by Gasteiger charge is 2.23. The Hall–Kier alpha value is -3.32. The van der Waals surface area contributed by atoms with Crippen molar-refractivity contribution in [1.82, 2.24) is 5.32 Å². The molecular weight excluding hydrogens is 394 g/mol. The largest absolute Gasteiger partial charge is 0.502 e. The smallest absolute Gasteiger partial charge is 0.387 e. The van der Waals surface area contributed by atoms with Gasteiger partial charge in [0.2, 0.25) is 0 Å². The van der Waals surface area contributed by atoms with Crippen LogP contribution < -0.4 is 14.6 Å². The molecule has 0 saturated carbocycles. The van der Waals surface area contributed by atoms with E-state index >= 15 is 0 Å². The molecule has 2 N–H and O–H groups in total. The maximum atomic E-state index is 12.4. The third-order valence-electron chi connectivity index (χ3n) is 4.06. The number of ether oxygens (including phenoxy) is 1. The molecule has 7 heteroatoms. The maximum absolute atomic E-state index is 12.4. The molecule has 148 valence electrons. The fourth-order valence-electron chi connectivity index (χ4n) is 2.69. The number of rotatable bonds is 7. The number of benzene rings is 2. The SMILES string of the molecule is O/C(=C(/C(=S)NCc1ccccc1)[n+]1ccccc1)c1ccc(OC(F)F)cc1. The molecule has 0 aliphatic carbocycles. The van der Waals surface area contributed by atoms with Crippen molar-refractivity contribution in [2.45, 2.75) is 13.2 Å². The summed E-state index contributed by atoms with van der Waals surface area (Å²) in [5.74, 6) is -0.0781. The number of alkyl halides is 2. The molecule has 0 radical (unpaired) electrons. The summed E-state index contributed by atoms with van der Waals surface area (Å²) in [6.45, 7) is -2.42. The van der Waals surface area contributed by atoms with Gasteiger partial charge in [0.1, 0.15) is 5.75 Å². The van der Waals surface area contributed by atoms with Crippen LogP contribution in [0.4, 0.5) is 8.78 Å². The van der Waals surface area contributed by atoms with Gasteiger partial charge in [-0.15, -0.1) is 0 Å². The number of halogens is 2. The zero-order chi connectivity index (χ0) is 20.6. The lowest BCUT2D eigenvalue weighted by Crippen LogP contribution is -2.40. The molecule has 0 spiro atoms. The van der Waals surface area contributed by atoms with E-state index in [-0.39, 0.29) is 11.5 Å². The second kappa shape index (κ2) is 9.75. The Kier molecular flexibility index (Phi) is 6.86. The van der Waals surface area contributed by atoms with Crippen molar-refractivity contribution >= 4 is 28.7 Å². The van der Waals surface area contributed by atoms with Crippen LogP contribution in [-0.4, -0.2) is 16.7 Å². The molecule has 1 heterocycles. The van der Waals surface area contributed by atoms with E-state index in [1.807, 2.05) is 48.5 Å². The van der Waals surface area contributed by atoms with Crippen LogP contribution in [-0.2, 0) is 6.54 Å². The minimum atomic E-state index is -2.91. The van der Waals surface area contributed by atoms with Crippen molar-refractivity contribution in [2.75, 3.05) is 0 Å². The molecule has 0 bridgehead atoms. The Labute approximate surface area is 172 Å². The molecule has 29 heavy (non-hydrogen) atoms. The minimum Gasteiger partial charge on any atom is -0.502 e. The summed E-state index contributed by atoms with van der Waals surface area (Å²) in [5.41, 5.74) is 1.83. The lowest BCUT2D eigenvalue weighted by Gasteiger charge is -2.11. The summed E-state index contributed by atoms with van der Waals surface area (Å²) in [5, 5.41) is 14.1. The van der Waals surface area contributed by atoms with Gasteiger partial charge in [-0.1, -0.05) is 48.6 Å². The van der Waals surface area contributed by atoms with Gasteiger partial charge in [-0.2, -0.15) is 13.3 Å². The lowest BCUT2D eigenvalue weighted by atomic mass is 10.1. The average molecular weight is 413 g/mol. The average Bonchev–Trinajstić information content (AvgIpc) is 2.74. The Morgan fingerprint density at radius 1 is 0.966 bits per heavy atom. The third-order valence-corrected chi connectivity index (χ3v) is 4.40. The van der Waals surface area contributed by atoms with E-state index in [1.54, 1.807) is 17.0 Å². The van der Waals surface area contributed by atoms with Crippen LogP contribution in [0.2, 0.25) is 0 Å². The number of hydrogen-bond donors (Lipinski definition) is 2. The first kappa shape index (κ1) is 20.4. The standard InChI is InChI=1S/C22H18F2N2O2S/c23-22(24)28-18-11-9-17(10-12-18)20(27)19(26-13-5-2-6-14-26)21(29)25-15-16-7-3-1-4-8-16/h1-14,22H,15H2,(H-,25,27,29)/p+1. The summed E-state index contributed by atoms with van der Waals surface area (Å²) in [6.07, 6.45) is 3.52. The second-order valence-electron chi connectivity index (χ2n) is 6.05. The Morgan fingerprint density at radius 2 is 1.59 bits per heavy atom. The molecule has 3 rings (SSSR count). The number of aliphatic hydroxyl groups excluding tert-OH is 1. The van der Waals surface area contributed by atoms with Gasteiger partial charge in [-0.3, -0.25) is 0 Å². The highest BCUT2D eigenvalue weighted by Crippen LogP contribution is 2.21. The van der Waals surface area contributed by atoms with Crippen molar-refractivity contribution < 1.29 is 23.2 Å². The number of aromatic nitrogens is 1. The summed E-state index contributed by atoms with van der Waals surface area (Å²) in [7, 11) is 0. The fourth-order valence-corrected chi connectivity index (χ4v) is 2.96. The highest BCUT2D eigenvalue weighted by molar-refractivity contribution is 7.81. The predicted octanol–water partition coefficient (Wildman–Crippen LogP) is 4.58. The quantitative estimate of drug-likeness (QED) is 0.258. The molecule has 0 atom stereocenters. The first-order chi connectivity index (χ1) is 14.0. The first-order valence-electron chi connectivity index (χ1n) is 8.82. The predicted molar refractivity (Wildman–Crippen MR) is 111 cm³/mol. The molecule has 2 aromatic carbocycles. The third kappa shape index (κ3) is 5.58. The zero-order valence-corrected chi connectivity index (χ0v) is 16.2. The van der Waals surface area contributed by atoms with Crippen molar-refractivity contribution in [1.29, 1.82) is 0 Å². The number of hydrogen-bond acceptors (Lipinski definition) is 3. The summed E-state index contributed by atoms with van der Waals surface area (Å²) < 4.78 is 30.7. The Bertz CT molecular complexity index is 979. The van der Waals surface area contributed by atoms with Crippen LogP contribution in [0.25, 0.3) is 11.5 Å². The van der Waals surface area contributed by atoms with Crippen LogP contribution in [0.1, 0.15) is 11.1 Å². The molecule has 1 aromatic heterocycles. The van der Waals surface area contributed by atoms with Crippen LogP contribution in [0, 0.1) is 0 Å². The molecule has 0 amide bonds. The zero-order valence-electron chi connectivity index (χ0n) is 15.3. The number of nitrogens with zero attached hydrogens (tertiary/aromatic N) is 1. The molecule has 0 saturated heterocycles. The maximum Gasteiger partial charge on any atom is 0.387 e. The summed E-state index contributed by atoms with van der Waals surface area (Å²) in [6, 6.07) is 20.9. The number of aliphatic hydroxyl groups is 1. The lowest BCUT2D eigenvalue weighted by molar-refractivity contribution is -0.576. The molecular formula is C22H19F2N2O2S+. The van der Waals surface area contributed by atoms with Gasteiger partial charge < -0.3 is 15.2 Å². The molecule has 0 aliphatic heterocycles. The Morgan fingerprint density at radius 3 is 2.21 bits per heavy atom. The van der Waals surface area contributed by atoms with E-state index in [1.165, 1.54) is 24.3 Å². The monoisotopic (exact) mass is 413 g/mol. The molecule has 4 nitrogen and oxygen atoms in total. The van der Waals surface area contributed by atoms with Gasteiger partial charge in [0.05, 0.1) is 0 Å².